The number of aromatic nitrogens is 3. The lowest BCUT2D eigenvalue weighted by Gasteiger charge is -2.40. The van der Waals surface area contributed by atoms with Crippen molar-refractivity contribution in [2.24, 2.45) is 5.92 Å². The minimum absolute atomic E-state index is 0.0632. The van der Waals surface area contributed by atoms with Crippen LogP contribution in [0, 0.1) is 5.92 Å². The largest absolute Gasteiger partial charge is 0.494 e. The third kappa shape index (κ3) is 4.39. The highest BCUT2D eigenvalue weighted by molar-refractivity contribution is 5.79. The van der Waals surface area contributed by atoms with Crippen molar-refractivity contribution in [1.29, 1.82) is 0 Å². The molecule has 1 fully saturated rings. The van der Waals surface area contributed by atoms with Crippen LogP contribution in [0.4, 0.5) is 14.7 Å². The van der Waals surface area contributed by atoms with Gasteiger partial charge in [-0.1, -0.05) is 12.1 Å². The summed E-state index contributed by atoms with van der Waals surface area (Å²) >= 11 is 0. The Morgan fingerprint density at radius 3 is 2.87 bits per heavy atom. The maximum atomic E-state index is 13.6. The average molecular weight is 419 g/mol. The highest BCUT2D eigenvalue weighted by Gasteiger charge is 2.39. The molecule has 1 unspecified atom stereocenters. The van der Waals surface area contributed by atoms with Gasteiger partial charge in [0.2, 0.25) is 11.9 Å². The number of piperidine rings is 1. The van der Waals surface area contributed by atoms with Gasteiger partial charge < -0.3 is 15.0 Å². The fourth-order valence-electron chi connectivity index (χ4n) is 4.42. The van der Waals surface area contributed by atoms with E-state index in [1.54, 1.807) is 0 Å². The first-order valence-corrected chi connectivity index (χ1v) is 10.5. The first-order valence-electron chi connectivity index (χ1n) is 10.5. The number of alkyl halides is 2. The van der Waals surface area contributed by atoms with Crippen LogP contribution in [-0.4, -0.2) is 57.7 Å². The monoisotopic (exact) mass is 419 g/mol. The highest BCUT2D eigenvalue weighted by atomic mass is 19.3. The summed E-state index contributed by atoms with van der Waals surface area (Å²) in [5, 5.41) is 7.20. The van der Waals surface area contributed by atoms with E-state index in [0.29, 0.717) is 32.1 Å². The molecule has 9 heteroatoms. The molecule has 2 aromatic rings. The molecule has 0 bridgehead atoms. The summed E-state index contributed by atoms with van der Waals surface area (Å²) in [6.07, 6.45) is 1.16. The zero-order chi connectivity index (χ0) is 21.1. The second-order valence-electron chi connectivity index (χ2n) is 7.91. The molecule has 1 N–H and O–H groups in total. The molecule has 3 heterocycles. The molecule has 3 atom stereocenters. The number of halogens is 2. The number of hydrogen-bond donors (Lipinski definition) is 1. The lowest BCUT2D eigenvalue weighted by Crippen LogP contribution is -2.48. The molecule has 4 rings (SSSR count). The number of likely N-dealkylation sites (tertiary alicyclic amines) is 1. The third-order valence-corrected chi connectivity index (χ3v) is 5.96. The van der Waals surface area contributed by atoms with E-state index in [2.05, 4.69) is 15.4 Å². The van der Waals surface area contributed by atoms with Crippen LogP contribution >= 0.6 is 0 Å². The molecule has 162 valence electrons. The number of rotatable bonds is 6. The lowest BCUT2D eigenvalue weighted by molar-refractivity contribution is -0.132. The standard InChI is InChI=1S/C21H27F2N5O2/c1-2-30-16-7-5-14(6-8-16)10-19(29)27-9-3-4-15(12-27)17-11-18(20(22)23)28-21(26-17)24-13-25-28/h5-8,13,15,17-18,20H,2-4,9-12H2,1H3,(H,24,25,26)/t15?,17-,18+/m0/s1. The number of amides is 1. The molecular weight excluding hydrogens is 392 g/mol. The maximum Gasteiger partial charge on any atom is 0.260 e. The number of nitrogens with one attached hydrogen (secondary N) is 1. The van der Waals surface area contributed by atoms with E-state index in [-0.39, 0.29) is 24.3 Å². The Kier molecular flexibility index (Phi) is 6.15. The smallest absolute Gasteiger partial charge is 0.260 e. The summed E-state index contributed by atoms with van der Waals surface area (Å²) < 4.78 is 33.8. The predicted octanol–water partition coefficient (Wildman–Crippen LogP) is 3.15. The van der Waals surface area contributed by atoms with E-state index in [4.69, 9.17) is 4.74 Å². The van der Waals surface area contributed by atoms with Crippen molar-refractivity contribution in [1.82, 2.24) is 19.7 Å². The van der Waals surface area contributed by atoms with Crippen LogP contribution < -0.4 is 10.1 Å². The maximum absolute atomic E-state index is 13.6. The van der Waals surface area contributed by atoms with Crippen LogP contribution in [-0.2, 0) is 11.2 Å². The Bertz CT molecular complexity index is 857. The van der Waals surface area contributed by atoms with Crippen molar-refractivity contribution in [2.45, 2.75) is 51.1 Å². The first-order chi connectivity index (χ1) is 14.5. The Morgan fingerprint density at radius 1 is 1.33 bits per heavy atom. The van der Waals surface area contributed by atoms with Crippen molar-refractivity contribution in [3.8, 4) is 5.75 Å². The van der Waals surface area contributed by atoms with Crippen LogP contribution in [0.15, 0.2) is 30.6 Å². The normalized spacial score (nSPS) is 23.7. The molecular formula is C21H27F2N5O2. The van der Waals surface area contributed by atoms with Gasteiger partial charge in [0, 0.05) is 19.1 Å². The summed E-state index contributed by atoms with van der Waals surface area (Å²) in [4.78, 5) is 18.8. The van der Waals surface area contributed by atoms with Gasteiger partial charge in [-0.15, -0.1) is 0 Å². The van der Waals surface area contributed by atoms with Gasteiger partial charge in [-0.2, -0.15) is 10.1 Å². The summed E-state index contributed by atoms with van der Waals surface area (Å²) in [5.41, 5.74) is 0.937. The zero-order valence-electron chi connectivity index (χ0n) is 17.0. The van der Waals surface area contributed by atoms with Crippen LogP contribution in [0.3, 0.4) is 0 Å². The van der Waals surface area contributed by atoms with E-state index in [1.807, 2.05) is 36.1 Å². The topological polar surface area (TPSA) is 72.3 Å². The number of ether oxygens (including phenoxy) is 1. The van der Waals surface area contributed by atoms with Gasteiger partial charge in [-0.3, -0.25) is 4.79 Å². The van der Waals surface area contributed by atoms with Crippen LogP contribution in [0.2, 0.25) is 0 Å². The van der Waals surface area contributed by atoms with Crippen molar-refractivity contribution in [2.75, 3.05) is 25.0 Å². The van der Waals surface area contributed by atoms with E-state index in [9.17, 15) is 13.6 Å². The second-order valence-corrected chi connectivity index (χ2v) is 7.91. The van der Waals surface area contributed by atoms with Gasteiger partial charge in [-0.05, 0) is 49.8 Å². The van der Waals surface area contributed by atoms with Gasteiger partial charge in [0.05, 0.1) is 13.0 Å². The molecule has 1 amide bonds. The number of nitrogens with zero attached hydrogens (tertiary/aromatic N) is 4. The van der Waals surface area contributed by atoms with E-state index >= 15 is 0 Å². The van der Waals surface area contributed by atoms with Gasteiger partial charge in [-0.25, -0.2) is 13.5 Å². The lowest BCUT2D eigenvalue weighted by atomic mass is 9.86. The van der Waals surface area contributed by atoms with E-state index in [1.165, 1.54) is 11.0 Å². The highest BCUT2D eigenvalue weighted by Crippen LogP contribution is 2.35. The summed E-state index contributed by atoms with van der Waals surface area (Å²) in [7, 11) is 0. The van der Waals surface area contributed by atoms with Crippen molar-refractivity contribution < 1.29 is 18.3 Å². The van der Waals surface area contributed by atoms with Crippen molar-refractivity contribution >= 4 is 11.9 Å². The minimum Gasteiger partial charge on any atom is -0.494 e. The Morgan fingerprint density at radius 2 is 2.13 bits per heavy atom. The molecule has 1 saturated heterocycles. The van der Waals surface area contributed by atoms with E-state index in [0.717, 1.165) is 24.2 Å². The van der Waals surface area contributed by atoms with Crippen molar-refractivity contribution in [3.05, 3.63) is 36.2 Å². The molecule has 30 heavy (non-hydrogen) atoms. The molecule has 1 aromatic heterocycles. The molecule has 7 nitrogen and oxygen atoms in total. The molecule has 0 aliphatic carbocycles. The van der Waals surface area contributed by atoms with Crippen LogP contribution in [0.5, 0.6) is 5.75 Å². The summed E-state index contributed by atoms with van der Waals surface area (Å²) in [6.45, 7) is 3.80. The Balaban J connectivity index is 1.39. The number of hydrogen-bond acceptors (Lipinski definition) is 5. The van der Waals surface area contributed by atoms with Crippen LogP contribution in [0.1, 0.15) is 37.8 Å². The molecule has 0 radical (unpaired) electrons. The average Bonchev–Trinajstić information content (AvgIpc) is 3.23. The van der Waals surface area contributed by atoms with Crippen LogP contribution in [0.25, 0.3) is 0 Å². The van der Waals surface area contributed by atoms with Gasteiger partial charge in [0.15, 0.2) is 0 Å². The molecule has 0 spiro atoms. The second kappa shape index (κ2) is 8.97. The molecule has 2 aliphatic heterocycles. The predicted molar refractivity (Wildman–Crippen MR) is 108 cm³/mol. The first kappa shape index (κ1) is 20.6. The van der Waals surface area contributed by atoms with E-state index < -0.39 is 12.5 Å². The Labute approximate surface area is 174 Å². The summed E-state index contributed by atoms with van der Waals surface area (Å²) in [6, 6.07) is 6.43. The fourth-order valence-corrected chi connectivity index (χ4v) is 4.42. The molecule has 0 saturated carbocycles. The molecule has 2 aliphatic rings. The SMILES string of the molecule is CCOc1ccc(CC(=O)N2CCCC([C@@H]3C[C@H](C(F)F)n4ncnc4N3)C2)cc1. The number of fused-ring (bicyclic) bond motifs is 1. The quantitative estimate of drug-likeness (QED) is 0.779. The van der Waals surface area contributed by atoms with Crippen molar-refractivity contribution in [3.63, 3.8) is 0 Å². The fraction of sp³-hybridized carbons (Fsp3) is 0.571. The third-order valence-electron chi connectivity index (χ3n) is 5.96. The number of benzene rings is 1. The molecule has 1 aromatic carbocycles. The minimum atomic E-state index is -2.50. The summed E-state index contributed by atoms with van der Waals surface area (Å²) in [5.74, 6) is 1.34. The van der Waals surface area contributed by atoms with Gasteiger partial charge >= 0.3 is 0 Å². The number of carbonyl (C=O) groups is 1. The van der Waals surface area contributed by atoms with Gasteiger partial charge in [0.1, 0.15) is 18.1 Å². The Hall–Kier alpha value is -2.71. The number of carbonyl (C=O) groups excluding carboxylic acids is 1. The number of anilines is 1. The van der Waals surface area contributed by atoms with Gasteiger partial charge in [0.25, 0.3) is 6.43 Å². The zero-order valence-corrected chi connectivity index (χ0v) is 17.0.